The maximum atomic E-state index is 16.0. The lowest BCUT2D eigenvalue weighted by molar-refractivity contribution is -0.149. The number of aromatic hydroxyl groups is 2. The molecule has 0 aliphatic carbocycles. The van der Waals surface area contributed by atoms with E-state index in [1.165, 1.54) is 110 Å². The van der Waals surface area contributed by atoms with Gasteiger partial charge >= 0.3 is 0 Å². The molecule has 0 spiro atoms. The smallest absolute Gasteiger partial charge is 0.246 e. The van der Waals surface area contributed by atoms with E-state index >= 15 is 28.8 Å². The fourth-order valence-corrected chi connectivity index (χ4v) is 19.1. The molecule has 134 heavy (non-hydrogen) atoms. The molecule has 6 heterocycles. The molecule has 16 amide bonds. The molecule has 3 aliphatic heterocycles. The van der Waals surface area contributed by atoms with E-state index in [0.29, 0.717) is 48.9 Å². The third-order valence-corrected chi connectivity index (χ3v) is 27.0. The zero-order valence-electron chi connectivity index (χ0n) is 77.3. The average molecular weight is 1890 g/mol. The summed E-state index contributed by atoms with van der Waals surface area (Å²) in [6, 6.07) is 9.92. The number of unbranched alkanes of at least 4 members (excludes halogenated alkanes) is 2. The van der Waals surface area contributed by atoms with Crippen molar-refractivity contribution >= 4 is 139 Å². The lowest BCUT2D eigenvalue weighted by Gasteiger charge is -2.36. The number of phenols is 2. The molecule has 0 saturated carbocycles. The minimum Gasteiger partial charge on any atom is -0.508 e. The predicted molar refractivity (Wildman–Crippen MR) is 504 cm³/mol. The van der Waals surface area contributed by atoms with Gasteiger partial charge in [-0.25, -0.2) is 4.98 Å². The number of hydrogen-bond acceptors (Lipinski definition) is 21. The van der Waals surface area contributed by atoms with Gasteiger partial charge in [0.05, 0.1) is 25.0 Å². The second-order valence-corrected chi connectivity index (χ2v) is 37.3. The number of thioether (sulfide) groups is 1. The molecule has 722 valence electrons. The summed E-state index contributed by atoms with van der Waals surface area (Å²) in [6.07, 6.45) is 7.00. The van der Waals surface area contributed by atoms with Crippen molar-refractivity contribution in [1.82, 2.24) is 87.3 Å². The number of fused-ring (bicyclic) bond motifs is 4. The maximum Gasteiger partial charge on any atom is 0.246 e. The number of primary amides is 2. The zero-order chi connectivity index (χ0) is 97.1. The predicted octanol–water partition coefficient (Wildman–Crippen LogP) is 3.46. The first-order valence-electron chi connectivity index (χ1n) is 45.8. The fourth-order valence-electron chi connectivity index (χ4n) is 17.3. The van der Waals surface area contributed by atoms with E-state index < -0.39 is 198 Å². The van der Waals surface area contributed by atoms with Crippen molar-refractivity contribution in [2.75, 3.05) is 52.3 Å². The van der Waals surface area contributed by atoms with Crippen molar-refractivity contribution in [3.05, 3.63) is 149 Å². The van der Waals surface area contributed by atoms with Crippen molar-refractivity contribution in [2.24, 2.45) is 23.3 Å². The lowest BCUT2D eigenvalue weighted by atomic mass is 9.89. The summed E-state index contributed by atoms with van der Waals surface area (Å²) in [5, 5.41) is 49.4. The Bertz CT molecular complexity index is 5300. The van der Waals surface area contributed by atoms with Gasteiger partial charge in [-0.1, -0.05) is 114 Å². The molecular weight excluding hydrogens is 1760 g/mol. The minimum atomic E-state index is -1.73. The van der Waals surface area contributed by atoms with Crippen molar-refractivity contribution in [2.45, 2.75) is 242 Å². The Morgan fingerprint density at radius 1 is 0.530 bits per heavy atom. The number of imidazole rings is 1. The van der Waals surface area contributed by atoms with Gasteiger partial charge in [-0.15, -0.1) is 23.1 Å². The fraction of sp³-hybridized carbons (Fsp3) is 0.505. The Morgan fingerprint density at radius 2 is 1.10 bits per heavy atom. The summed E-state index contributed by atoms with van der Waals surface area (Å²) in [6.45, 7) is 9.52. The molecule has 39 heteroatoms. The highest BCUT2D eigenvalue weighted by atomic mass is 32.2. The SMILES string of the molecule is CCCC[C@H]1C(=O)N(C)[C@@H](CCCC)C(=O)N[C@@H](C)C(=O)N[C@H](C(=O)NCC(N)=O)CSCC(=O)N[C@@H](Cc2ccc(O)cc2)C(=O)N(C)[C@@H](C)C(=O)N[C@@H](CC(N)=O)C(=O)N2CCC[C@H]2C(=O)N[C@@H](Cc2cnc[nH]2)C(=O)N[C@@H](CC(C)C)C(=O)N2CCC[C@H]2C(=O)N[C@@H](Cc2c[nH]c3ccccc23)CC[C@@H](Cc2ccc(O)cc2)C(=O)N[C@@H](Cc2csc3ccccc23)C(=O)N1C. The number of aromatic nitrogens is 3. The Labute approximate surface area is 786 Å². The van der Waals surface area contributed by atoms with Gasteiger partial charge in [-0.2, -0.15) is 0 Å². The Kier molecular flexibility index (Phi) is 37.8. The number of rotatable bonds is 23. The first kappa shape index (κ1) is 103. The molecule has 4 aromatic carbocycles. The number of thiophene rings is 1. The molecule has 0 radical (unpaired) electrons. The summed E-state index contributed by atoms with van der Waals surface area (Å²) in [5.74, 6) is -14.9. The van der Waals surface area contributed by atoms with Crippen LogP contribution in [0.3, 0.4) is 0 Å². The molecule has 3 aliphatic rings. The van der Waals surface area contributed by atoms with Crippen molar-refractivity contribution in [1.29, 1.82) is 0 Å². The van der Waals surface area contributed by atoms with Crippen LogP contribution < -0.4 is 59.3 Å². The van der Waals surface area contributed by atoms with E-state index in [9.17, 15) is 58.2 Å². The molecule has 37 nitrogen and oxygen atoms in total. The highest BCUT2D eigenvalue weighted by molar-refractivity contribution is 8.00. The van der Waals surface area contributed by atoms with Crippen LogP contribution >= 0.6 is 23.1 Å². The number of nitrogens with zero attached hydrogens (tertiary/aromatic N) is 6. The number of nitrogens with two attached hydrogens (primary N) is 2. The molecule has 7 aromatic rings. The zero-order valence-corrected chi connectivity index (χ0v) is 78.9. The van der Waals surface area contributed by atoms with E-state index in [-0.39, 0.29) is 120 Å². The molecule has 14 atom stereocenters. The lowest BCUT2D eigenvalue weighted by Crippen LogP contribution is -2.60. The molecule has 3 saturated heterocycles. The number of benzene rings is 4. The van der Waals surface area contributed by atoms with Crippen LogP contribution in [0.15, 0.2) is 121 Å². The van der Waals surface area contributed by atoms with Crippen LogP contribution in [0.4, 0.5) is 0 Å². The van der Waals surface area contributed by atoms with Gasteiger partial charge < -0.3 is 104 Å². The monoisotopic (exact) mass is 1890 g/mol. The number of amides is 16. The van der Waals surface area contributed by atoms with E-state index in [2.05, 4.69) is 62.8 Å². The Morgan fingerprint density at radius 3 is 1.73 bits per heavy atom. The largest absolute Gasteiger partial charge is 0.508 e. The Hall–Kier alpha value is -12.9. The molecule has 3 fully saturated rings. The summed E-state index contributed by atoms with van der Waals surface area (Å²) in [4.78, 5) is 252. The number of likely N-dealkylation sites (N-methyl/N-ethyl adjacent to an activating group) is 3. The molecule has 0 unspecified atom stereocenters. The van der Waals surface area contributed by atoms with Gasteiger partial charge in [0.25, 0.3) is 0 Å². The highest BCUT2D eigenvalue weighted by Gasteiger charge is 2.45. The number of aromatic amines is 2. The van der Waals surface area contributed by atoms with Gasteiger partial charge in [0.2, 0.25) is 94.5 Å². The molecular formula is C95H127N19O18S2. The Balaban J connectivity index is 1.01. The van der Waals surface area contributed by atoms with Crippen LogP contribution in [0.25, 0.3) is 21.0 Å². The number of H-pyrrole nitrogens is 2. The summed E-state index contributed by atoms with van der Waals surface area (Å²) < 4.78 is 0.908. The molecule has 0 bridgehead atoms. The summed E-state index contributed by atoms with van der Waals surface area (Å²) in [7, 11) is 4.15. The quantitative estimate of drug-likeness (QED) is 0.0436. The number of phenolic OH excluding ortho intramolecular Hbond substituents is 2. The average Bonchev–Trinajstić information content (AvgIpc) is 1.64. The first-order chi connectivity index (χ1) is 64.0. The van der Waals surface area contributed by atoms with Gasteiger partial charge in [-0.05, 0) is 160 Å². The van der Waals surface area contributed by atoms with Crippen LogP contribution in [0.1, 0.15) is 159 Å². The van der Waals surface area contributed by atoms with Crippen LogP contribution in [-0.4, -0.2) is 275 Å². The van der Waals surface area contributed by atoms with E-state index in [1.54, 1.807) is 12.1 Å². The van der Waals surface area contributed by atoms with E-state index in [4.69, 9.17) is 11.5 Å². The van der Waals surface area contributed by atoms with Crippen molar-refractivity contribution in [3.8, 4) is 11.5 Å². The van der Waals surface area contributed by atoms with Crippen LogP contribution in [0.2, 0.25) is 0 Å². The highest BCUT2D eigenvalue weighted by Crippen LogP contribution is 2.31. The van der Waals surface area contributed by atoms with Gasteiger partial charge in [0.1, 0.15) is 84.0 Å². The second kappa shape index (κ2) is 49.2. The second-order valence-electron chi connectivity index (χ2n) is 35.4. The van der Waals surface area contributed by atoms with Crippen molar-refractivity contribution < 1.29 is 86.9 Å². The third-order valence-electron chi connectivity index (χ3n) is 24.9. The molecule has 10 rings (SSSR count). The van der Waals surface area contributed by atoms with Gasteiger partial charge in [0.15, 0.2) is 0 Å². The summed E-state index contributed by atoms with van der Waals surface area (Å²) in [5.41, 5.74) is 15.0. The normalized spacial score (nSPS) is 24.4. The topological polar surface area (TPSA) is 535 Å². The molecule has 17 N–H and O–H groups in total. The number of nitrogens with one attached hydrogen (secondary N) is 11. The first-order valence-corrected chi connectivity index (χ1v) is 47.8. The number of carbonyl (C=O) groups excluding carboxylic acids is 16. The number of hydrogen-bond donors (Lipinski definition) is 15. The maximum absolute atomic E-state index is 16.0. The van der Waals surface area contributed by atoms with Crippen molar-refractivity contribution in [3.63, 3.8) is 0 Å². The summed E-state index contributed by atoms with van der Waals surface area (Å²) >= 11 is 2.25. The molecule has 3 aromatic heterocycles. The van der Waals surface area contributed by atoms with Crippen LogP contribution in [0.5, 0.6) is 11.5 Å². The third kappa shape index (κ3) is 28.3. The van der Waals surface area contributed by atoms with Gasteiger partial charge in [0, 0.05) is 105 Å². The minimum absolute atomic E-state index is 0.0275. The standard InChI is InChI=1S/C95H127N19O18S2/c1-10-12-23-75-88(125)102-55(5)83(120)109-74(86(123)100-49-81(97)118)51-133-52-82(119)104-71(42-58-30-36-65(116)37-31-58)91(128)110(7)56(6)84(121)106-73(46-80(96)117)94(131)114-39-19-26-77(114)90(127)105-69(45-63-48-98-53-101-63)87(124)108-70(40-54(3)4)93(130)113-38-18-25-76(113)89(126)103-62(43-60-47-99-68-22-16-14-20-66(60)68)33-32-59(41-57-28-34-64(115)35-29-57)85(122)107-72(44-61-50-134-79-27-17-15-21-67(61)79)92(129)112(9)78(24-13-11-2)95(132)111(75)8/h14-17,20-22,27-31,34-37,47-48,50,53-56,59,62,69-78,99,115-116H,10-13,18-19,23-26,32-33,38-46,49,51-52H2,1-9H3,(H2,96,117)(H2,97,118)(H,98,101)(H,100,123)(H,102,125)(H,103,126)(H,104,119)(H,105,127)(H,106,121)(H,107,122)(H,108,124)(H,109,120)/t55-,56-,59-,62+,69-,70-,71-,72-,73-,74-,75-,76-,77-,78-/m0/s1. The number of para-hydroxylation sites is 1. The number of carbonyl (C=O) groups is 16. The van der Waals surface area contributed by atoms with Crippen LogP contribution in [-0.2, 0) is 109 Å². The van der Waals surface area contributed by atoms with Crippen LogP contribution in [0, 0.1) is 11.8 Å². The van der Waals surface area contributed by atoms with E-state index in [1.807, 2.05) is 87.8 Å². The van der Waals surface area contributed by atoms with E-state index in [0.717, 1.165) is 53.7 Å². The van der Waals surface area contributed by atoms with Gasteiger partial charge in [-0.3, -0.25) is 76.7 Å².